The van der Waals surface area contributed by atoms with Gasteiger partial charge in [-0.05, 0) is 37.1 Å². The maximum Gasteiger partial charge on any atom is 0.433 e. The molecule has 0 bridgehead atoms. The number of fused-ring (bicyclic) bond motifs is 1. The van der Waals surface area contributed by atoms with E-state index in [1.807, 2.05) is 0 Å². The summed E-state index contributed by atoms with van der Waals surface area (Å²) in [6.07, 6.45) is 0.534. The molecular formula is C25H27F3N4O3S. The van der Waals surface area contributed by atoms with E-state index >= 15 is 0 Å². The molecule has 0 spiro atoms. The highest BCUT2D eigenvalue weighted by Crippen LogP contribution is 2.36. The van der Waals surface area contributed by atoms with Crippen LogP contribution in [0.15, 0.2) is 52.3 Å². The molecule has 0 aliphatic heterocycles. The van der Waals surface area contributed by atoms with Gasteiger partial charge in [0.15, 0.2) is 0 Å². The van der Waals surface area contributed by atoms with Crippen molar-refractivity contribution in [1.82, 2.24) is 14.9 Å². The normalized spacial score (nSPS) is 14.7. The molecule has 192 valence electrons. The van der Waals surface area contributed by atoms with Crippen molar-refractivity contribution >= 4 is 34.4 Å². The molecule has 11 heteroatoms. The molecule has 0 radical (unpaired) electrons. The monoisotopic (exact) mass is 520 g/mol. The second kappa shape index (κ2) is 11.3. The van der Waals surface area contributed by atoms with Crippen LogP contribution in [0.3, 0.4) is 0 Å². The summed E-state index contributed by atoms with van der Waals surface area (Å²) >= 11 is 1.35. The van der Waals surface area contributed by atoms with E-state index in [-0.39, 0.29) is 35.5 Å². The number of thioether (sulfide) groups is 1. The molecule has 36 heavy (non-hydrogen) atoms. The maximum atomic E-state index is 13.3. The quantitative estimate of drug-likeness (QED) is 0.400. The van der Waals surface area contributed by atoms with Gasteiger partial charge in [-0.3, -0.25) is 4.79 Å². The fourth-order valence-electron chi connectivity index (χ4n) is 4.31. The van der Waals surface area contributed by atoms with Crippen LogP contribution < -0.4 is 16.2 Å². The van der Waals surface area contributed by atoms with Crippen molar-refractivity contribution in [3.8, 4) is 0 Å². The van der Waals surface area contributed by atoms with Crippen LogP contribution in [0.1, 0.15) is 43.4 Å². The number of carbonyl (C=O) groups excluding carboxylic acids is 1. The molecule has 3 N–H and O–H groups in total. The second-order valence-electron chi connectivity index (χ2n) is 8.63. The summed E-state index contributed by atoms with van der Waals surface area (Å²) in [5.74, 6) is 0. The van der Waals surface area contributed by atoms with Gasteiger partial charge in [-0.15, -0.1) is 11.8 Å². The summed E-state index contributed by atoms with van der Waals surface area (Å²) in [4.78, 5) is 28.7. The number of rotatable bonds is 7. The number of halogens is 3. The molecule has 3 aromatic rings. The Morgan fingerprint density at radius 1 is 1.11 bits per heavy atom. The fourth-order valence-corrected chi connectivity index (χ4v) is 5.64. The van der Waals surface area contributed by atoms with Gasteiger partial charge in [-0.25, -0.2) is 9.78 Å². The van der Waals surface area contributed by atoms with Crippen LogP contribution in [-0.2, 0) is 19.3 Å². The van der Waals surface area contributed by atoms with Gasteiger partial charge in [0, 0.05) is 35.4 Å². The molecule has 7 nitrogen and oxygen atoms in total. The van der Waals surface area contributed by atoms with Gasteiger partial charge in [-0.1, -0.05) is 31.4 Å². The average molecular weight is 521 g/mol. The SMILES string of the molecule is O=C(NCc1ccc(C(F)(F)F)nc1SC1CCCCC1)Nc1cccc2c1ccc(=O)n2CCO. The Kier molecular flexibility index (Phi) is 8.20. The van der Waals surface area contributed by atoms with E-state index < -0.39 is 17.9 Å². The number of aliphatic hydroxyl groups excluding tert-OH is 1. The van der Waals surface area contributed by atoms with Crippen molar-refractivity contribution < 1.29 is 23.1 Å². The third-order valence-electron chi connectivity index (χ3n) is 6.10. The van der Waals surface area contributed by atoms with Crippen molar-refractivity contribution in [1.29, 1.82) is 0 Å². The fraction of sp³-hybridized carbons (Fsp3) is 0.400. The van der Waals surface area contributed by atoms with Gasteiger partial charge in [-0.2, -0.15) is 13.2 Å². The van der Waals surface area contributed by atoms with Gasteiger partial charge in [0.05, 0.1) is 17.8 Å². The number of aromatic nitrogens is 2. The molecular weight excluding hydrogens is 493 g/mol. The van der Waals surface area contributed by atoms with Crippen LogP contribution in [-0.4, -0.2) is 32.5 Å². The average Bonchev–Trinajstić information content (AvgIpc) is 2.85. The van der Waals surface area contributed by atoms with Crippen LogP contribution >= 0.6 is 11.8 Å². The highest BCUT2D eigenvalue weighted by Gasteiger charge is 2.33. The zero-order valence-corrected chi connectivity index (χ0v) is 20.3. The van der Waals surface area contributed by atoms with Gasteiger partial charge in [0.2, 0.25) is 0 Å². The molecule has 2 aromatic heterocycles. The van der Waals surface area contributed by atoms with Gasteiger partial charge < -0.3 is 20.3 Å². The summed E-state index contributed by atoms with van der Waals surface area (Å²) in [5.41, 5.74) is 0.324. The number of carbonyl (C=O) groups is 1. The largest absolute Gasteiger partial charge is 0.433 e. The number of anilines is 1. The Morgan fingerprint density at radius 3 is 2.61 bits per heavy atom. The number of hydrogen-bond acceptors (Lipinski definition) is 5. The maximum absolute atomic E-state index is 13.3. The Bertz CT molecular complexity index is 1290. The number of hydrogen-bond donors (Lipinski definition) is 3. The third kappa shape index (κ3) is 6.19. The van der Waals surface area contributed by atoms with Crippen molar-refractivity contribution in [2.45, 2.75) is 61.6 Å². The summed E-state index contributed by atoms with van der Waals surface area (Å²) in [5, 5.41) is 15.8. The van der Waals surface area contributed by atoms with E-state index in [9.17, 15) is 27.9 Å². The minimum atomic E-state index is -4.55. The summed E-state index contributed by atoms with van der Waals surface area (Å²) in [7, 11) is 0. The second-order valence-corrected chi connectivity index (χ2v) is 9.92. The van der Waals surface area contributed by atoms with E-state index in [2.05, 4.69) is 15.6 Å². The first-order valence-corrected chi connectivity index (χ1v) is 12.7. The lowest BCUT2D eigenvalue weighted by atomic mass is 10.0. The molecule has 1 aliphatic carbocycles. The number of benzene rings is 1. The predicted octanol–water partition coefficient (Wildman–Crippen LogP) is 5.15. The van der Waals surface area contributed by atoms with Crippen molar-refractivity contribution in [3.63, 3.8) is 0 Å². The minimum absolute atomic E-state index is 0.00596. The van der Waals surface area contributed by atoms with Crippen molar-refractivity contribution in [2.75, 3.05) is 11.9 Å². The number of alkyl halides is 3. The summed E-state index contributed by atoms with van der Waals surface area (Å²) < 4.78 is 41.2. The van der Waals surface area contributed by atoms with Gasteiger partial charge >= 0.3 is 12.2 Å². The third-order valence-corrected chi connectivity index (χ3v) is 7.49. The molecule has 4 rings (SSSR count). The molecule has 2 heterocycles. The Hall–Kier alpha value is -3.05. The molecule has 1 aliphatic rings. The molecule has 0 atom stereocenters. The summed E-state index contributed by atoms with van der Waals surface area (Å²) in [6, 6.07) is 9.80. The van der Waals surface area contributed by atoms with E-state index in [4.69, 9.17) is 0 Å². The zero-order valence-electron chi connectivity index (χ0n) is 19.5. The van der Waals surface area contributed by atoms with E-state index in [1.54, 1.807) is 24.3 Å². The van der Waals surface area contributed by atoms with Crippen molar-refractivity contribution in [2.24, 2.45) is 0 Å². The highest BCUT2D eigenvalue weighted by atomic mass is 32.2. The zero-order chi connectivity index (χ0) is 25.7. The molecule has 0 saturated heterocycles. The minimum Gasteiger partial charge on any atom is -0.395 e. The van der Waals surface area contributed by atoms with Crippen LogP contribution in [0.5, 0.6) is 0 Å². The number of urea groups is 1. The molecule has 2 amide bonds. The number of pyridine rings is 2. The van der Waals surface area contributed by atoms with Crippen LogP contribution in [0.25, 0.3) is 10.9 Å². The Labute approximate surface area is 210 Å². The van der Waals surface area contributed by atoms with Gasteiger partial charge in [0.25, 0.3) is 5.56 Å². The highest BCUT2D eigenvalue weighted by molar-refractivity contribution is 7.99. The van der Waals surface area contributed by atoms with Gasteiger partial charge in [0.1, 0.15) is 10.7 Å². The number of nitrogens with one attached hydrogen (secondary N) is 2. The lowest BCUT2D eigenvalue weighted by molar-refractivity contribution is -0.141. The first-order chi connectivity index (χ1) is 17.3. The number of nitrogens with zero attached hydrogens (tertiary/aromatic N) is 2. The first kappa shape index (κ1) is 26.0. The Balaban J connectivity index is 1.51. The lowest BCUT2D eigenvalue weighted by Gasteiger charge is -2.22. The smallest absolute Gasteiger partial charge is 0.395 e. The van der Waals surface area contributed by atoms with E-state index in [0.717, 1.165) is 38.2 Å². The van der Waals surface area contributed by atoms with Crippen molar-refractivity contribution in [3.05, 3.63) is 64.1 Å². The number of aliphatic hydroxyl groups is 1. The number of amides is 2. The standard InChI is InChI=1S/C25H27F3N4O3S/c26-25(27,28)21-11-9-16(23(31-21)36-17-5-2-1-3-6-17)15-29-24(35)30-19-7-4-8-20-18(19)10-12-22(34)32(20)13-14-33/h4,7-12,17,33H,1-3,5-6,13-15H2,(H2,29,30,35). The molecule has 0 unspecified atom stereocenters. The topological polar surface area (TPSA) is 96.3 Å². The van der Waals surface area contributed by atoms with Crippen LogP contribution in [0.2, 0.25) is 0 Å². The summed E-state index contributed by atoms with van der Waals surface area (Å²) in [6.45, 7) is -0.0836. The lowest BCUT2D eigenvalue weighted by Crippen LogP contribution is -2.29. The molecule has 1 fully saturated rings. The van der Waals surface area contributed by atoms with Crippen LogP contribution in [0, 0.1) is 0 Å². The first-order valence-electron chi connectivity index (χ1n) is 11.8. The van der Waals surface area contributed by atoms with E-state index in [1.165, 1.54) is 28.5 Å². The Morgan fingerprint density at radius 2 is 1.89 bits per heavy atom. The van der Waals surface area contributed by atoms with Crippen LogP contribution in [0.4, 0.5) is 23.7 Å². The molecule has 1 aromatic carbocycles. The predicted molar refractivity (Wildman–Crippen MR) is 133 cm³/mol. The van der Waals surface area contributed by atoms with E-state index in [0.29, 0.717) is 22.2 Å². The molecule has 1 saturated carbocycles.